The van der Waals surface area contributed by atoms with Gasteiger partial charge in [-0.25, -0.2) is 0 Å². The standard InChI is InChI=1S/C14H23N3O2/c1-4-12-10(2)16-17(11(12)3)8-7-15-14(18)13-6-5-9-19-13/h13H,4-9H2,1-3H3,(H,15,18). The van der Waals surface area contributed by atoms with Crippen molar-refractivity contribution in [3.05, 3.63) is 17.0 Å². The Balaban J connectivity index is 1.84. The third-order valence-electron chi connectivity index (χ3n) is 3.73. The lowest BCUT2D eigenvalue weighted by molar-refractivity contribution is -0.130. The van der Waals surface area contributed by atoms with Crippen molar-refractivity contribution in [1.82, 2.24) is 15.1 Å². The molecule has 1 N–H and O–H groups in total. The van der Waals surface area contributed by atoms with Crippen molar-refractivity contribution in [3.63, 3.8) is 0 Å². The molecule has 1 unspecified atom stereocenters. The maximum Gasteiger partial charge on any atom is 0.249 e. The first-order valence-corrected chi connectivity index (χ1v) is 7.05. The van der Waals surface area contributed by atoms with Crippen LogP contribution >= 0.6 is 0 Å². The third kappa shape index (κ3) is 3.15. The minimum atomic E-state index is -0.244. The zero-order chi connectivity index (χ0) is 13.8. The van der Waals surface area contributed by atoms with Crippen LogP contribution in [0.2, 0.25) is 0 Å². The average molecular weight is 265 g/mol. The highest BCUT2D eigenvalue weighted by Gasteiger charge is 2.23. The van der Waals surface area contributed by atoms with Crippen molar-refractivity contribution in [2.24, 2.45) is 0 Å². The maximum absolute atomic E-state index is 11.8. The summed E-state index contributed by atoms with van der Waals surface area (Å²) in [5.41, 5.74) is 3.60. The Morgan fingerprint density at radius 3 is 2.89 bits per heavy atom. The fourth-order valence-electron chi connectivity index (χ4n) is 2.65. The molecule has 0 bridgehead atoms. The van der Waals surface area contributed by atoms with Gasteiger partial charge in [0.25, 0.3) is 0 Å². The molecule has 5 heteroatoms. The molecule has 0 aromatic carbocycles. The second kappa shape index (κ2) is 6.19. The fourth-order valence-corrected chi connectivity index (χ4v) is 2.65. The quantitative estimate of drug-likeness (QED) is 0.874. The first-order valence-electron chi connectivity index (χ1n) is 7.05. The molecule has 1 aromatic rings. The van der Waals surface area contributed by atoms with Crippen LogP contribution < -0.4 is 5.32 Å². The zero-order valence-corrected chi connectivity index (χ0v) is 12.0. The molecule has 1 aliphatic heterocycles. The molecule has 2 rings (SSSR count). The van der Waals surface area contributed by atoms with Gasteiger partial charge in [0.15, 0.2) is 0 Å². The van der Waals surface area contributed by atoms with Crippen LogP contribution in [0.5, 0.6) is 0 Å². The van der Waals surface area contributed by atoms with Crippen molar-refractivity contribution >= 4 is 5.91 Å². The number of carbonyl (C=O) groups is 1. The summed E-state index contributed by atoms with van der Waals surface area (Å²) in [6, 6.07) is 0. The van der Waals surface area contributed by atoms with Gasteiger partial charge < -0.3 is 10.1 Å². The third-order valence-corrected chi connectivity index (χ3v) is 3.73. The van der Waals surface area contributed by atoms with Crippen molar-refractivity contribution in [1.29, 1.82) is 0 Å². The van der Waals surface area contributed by atoms with Gasteiger partial charge in [-0.1, -0.05) is 6.92 Å². The topological polar surface area (TPSA) is 56.2 Å². The van der Waals surface area contributed by atoms with Crippen LogP contribution in [0.25, 0.3) is 0 Å². The molecular weight excluding hydrogens is 242 g/mol. The molecule has 0 spiro atoms. The Morgan fingerprint density at radius 1 is 1.53 bits per heavy atom. The predicted molar refractivity (Wildman–Crippen MR) is 73.1 cm³/mol. The van der Waals surface area contributed by atoms with Crippen LogP contribution in [0, 0.1) is 13.8 Å². The summed E-state index contributed by atoms with van der Waals surface area (Å²) in [5.74, 6) is 0.00902. The Morgan fingerprint density at radius 2 is 2.32 bits per heavy atom. The number of aromatic nitrogens is 2. The molecule has 1 aromatic heterocycles. The monoisotopic (exact) mass is 265 g/mol. The Labute approximate surface area is 114 Å². The average Bonchev–Trinajstić information content (AvgIpc) is 2.99. The smallest absolute Gasteiger partial charge is 0.249 e. The van der Waals surface area contributed by atoms with Gasteiger partial charge in [-0.05, 0) is 38.7 Å². The van der Waals surface area contributed by atoms with Gasteiger partial charge in [-0.3, -0.25) is 9.48 Å². The summed E-state index contributed by atoms with van der Waals surface area (Å²) in [6.45, 7) is 8.28. The van der Waals surface area contributed by atoms with Gasteiger partial charge in [-0.2, -0.15) is 5.10 Å². The normalized spacial score (nSPS) is 18.8. The number of ether oxygens (including phenoxy) is 1. The highest BCUT2D eigenvalue weighted by Crippen LogP contribution is 2.13. The van der Waals surface area contributed by atoms with Crippen LogP contribution in [0.3, 0.4) is 0 Å². The van der Waals surface area contributed by atoms with Crippen LogP contribution in [0.4, 0.5) is 0 Å². The highest BCUT2D eigenvalue weighted by atomic mass is 16.5. The van der Waals surface area contributed by atoms with Crippen LogP contribution in [-0.2, 0) is 22.5 Å². The molecule has 0 aliphatic carbocycles. The molecule has 1 amide bonds. The zero-order valence-electron chi connectivity index (χ0n) is 12.0. The molecule has 0 radical (unpaired) electrons. The second-order valence-electron chi connectivity index (χ2n) is 5.02. The van der Waals surface area contributed by atoms with Crippen molar-refractivity contribution in [2.45, 2.75) is 52.7 Å². The predicted octanol–water partition coefficient (Wildman–Crippen LogP) is 1.36. The number of hydrogen-bond acceptors (Lipinski definition) is 3. The van der Waals surface area contributed by atoms with E-state index in [-0.39, 0.29) is 12.0 Å². The highest BCUT2D eigenvalue weighted by molar-refractivity contribution is 5.80. The number of nitrogens with zero attached hydrogens (tertiary/aromatic N) is 2. The van der Waals surface area contributed by atoms with Crippen LogP contribution in [0.1, 0.15) is 36.7 Å². The largest absolute Gasteiger partial charge is 0.368 e. The van der Waals surface area contributed by atoms with Gasteiger partial charge in [0.05, 0.1) is 12.2 Å². The van der Waals surface area contributed by atoms with Gasteiger partial charge in [-0.15, -0.1) is 0 Å². The van der Waals surface area contributed by atoms with Crippen LogP contribution in [-0.4, -0.2) is 34.9 Å². The van der Waals surface area contributed by atoms with Crippen molar-refractivity contribution in [3.8, 4) is 0 Å². The SMILES string of the molecule is CCc1c(C)nn(CCNC(=O)C2CCCO2)c1C. The lowest BCUT2D eigenvalue weighted by atomic mass is 10.1. The molecule has 1 saturated heterocycles. The maximum atomic E-state index is 11.8. The van der Waals surface area contributed by atoms with E-state index in [0.717, 1.165) is 25.0 Å². The number of carbonyl (C=O) groups excluding carboxylic acids is 1. The molecule has 106 valence electrons. The van der Waals surface area contributed by atoms with Crippen molar-refractivity contribution < 1.29 is 9.53 Å². The molecule has 5 nitrogen and oxygen atoms in total. The Bertz CT molecular complexity index is 448. The van der Waals surface area contributed by atoms with Gasteiger partial charge in [0, 0.05) is 18.8 Å². The molecule has 2 heterocycles. The number of aryl methyl sites for hydroxylation is 1. The molecular formula is C14H23N3O2. The van der Waals surface area contributed by atoms with E-state index in [2.05, 4.69) is 24.3 Å². The Hall–Kier alpha value is -1.36. The molecule has 1 fully saturated rings. The Kier molecular flexibility index (Phi) is 4.58. The fraction of sp³-hybridized carbons (Fsp3) is 0.714. The van der Waals surface area contributed by atoms with Gasteiger partial charge in [0.1, 0.15) is 6.10 Å². The number of rotatable bonds is 5. The minimum Gasteiger partial charge on any atom is -0.368 e. The van der Waals surface area contributed by atoms with E-state index < -0.39 is 0 Å². The van der Waals surface area contributed by atoms with E-state index in [9.17, 15) is 4.79 Å². The van der Waals surface area contributed by atoms with Gasteiger partial charge >= 0.3 is 0 Å². The molecule has 1 atom stereocenters. The van der Waals surface area contributed by atoms with E-state index in [1.807, 2.05) is 11.6 Å². The lowest BCUT2D eigenvalue weighted by Crippen LogP contribution is -2.36. The first-order chi connectivity index (χ1) is 9.13. The number of hydrogen-bond donors (Lipinski definition) is 1. The summed E-state index contributed by atoms with van der Waals surface area (Å²) in [5, 5.41) is 7.43. The summed E-state index contributed by atoms with van der Waals surface area (Å²) < 4.78 is 7.32. The summed E-state index contributed by atoms with van der Waals surface area (Å²) >= 11 is 0. The first kappa shape index (κ1) is 14.1. The second-order valence-corrected chi connectivity index (χ2v) is 5.02. The summed E-state index contributed by atoms with van der Waals surface area (Å²) in [7, 11) is 0. The van der Waals surface area contributed by atoms with Crippen LogP contribution in [0.15, 0.2) is 0 Å². The van der Waals surface area contributed by atoms with E-state index in [0.29, 0.717) is 19.7 Å². The number of amides is 1. The number of nitrogens with one attached hydrogen (secondary N) is 1. The lowest BCUT2D eigenvalue weighted by Gasteiger charge is -2.11. The van der Waals surface area contributed by atoms with E-state index >= 15 is 0 Å². The van der Waals surface area contributed by atoms with E-state index in [4.69, 9.17) is 4.74 Å². The molecule has 0 saturated carbocycles. The summed E-state index contributed by atoms with van der Waals surface area (Å²) in [4.78, 5) is 11.8. The minimum absolute atomic E-state index is 0.00902. The molecule has 1 aliphatic rings. The van der Waals surface area contributed by atoms with Gasteiger partial charge in [0.2, 0.25) is 5.91 Å². The van der Waals surface area contributed by atoms with E-state index in [1.54, 1.807) is 0 Å². The summed E-state index contributed by atoms with van der Waals surface area (Å²) in [6.07, 6.45) is 2.58. The van der Waals surface area contributed by atoms with Crippen molar-refractivity contribution in [2.75, 3.05) is 13.2 Å². The molecule has 19 heavy (non-hydrogen) atoms. The van der Waals surface area contributed by atoms with E-state index in [1.165, 1.54) is 11.3 Å².